The van der Waals surface area contributed by atoms with Crippen molar-refractivity contribution >= 4 is 0 Å². The molecule has 3 heterocycles. The zero-order valence-electron chi connectivity index (χ0n) is 12.2. The van der Waals surface area contributed by atoms with Crippen LogP contribution < -0.4 is 0 Å². The van der Waals surface area contributed by atoms with Gasteiger partial charge in [0.15, 0.2) is 0 Å². The monoisotopic (exact) mass is 281 g/mol. The van der Waals surface area contributed by atoms with E-state index in [0.29, 0.717) is 17.8 Å². The molecular formula is C14H23N3O3. The van der Waals surface area contributed by atoms with Crippen molar-refractivity contribution < 1.29 is 14.4 Å². The number of aromatic nitrogens is 2. The highest BCUT2D eigenvalue weighted by Gasteiger charge is 2.35. The van der Waals surface area contributed by atoms with Crippen LogP contribution in [0.4, 0.5) is 0 Å². The second-order valence-electron chi connectivity index (χ2n) is 5.86. The molecule has 1 aromatic rings. The largest absolute Gasteiger partial charge is 0.393 e. The normalized spacial score (nSPS) is 30.1. The van der Waals surface area contributed by atoms with Gasteiger partial charge in [-0.2, -0.15) is 4.98 Å². The Labute approximate surface area is 119 Å². The minimum Gasteiger partial charge on any atom is -0.393 e. The second-order valence-corrected chi connectivity index (χ2v) is 5.86. The third-order valence-corrected chi connectivity index (χ3v) is 4.47. The van der Waals surface area contributed by atoms with Crippen molar-refractivity contribution in [1.29, 1.82) is 0 Å². The number of fused-ring (bicyclic) bond motifs is 1. The number of morpholine rings is 1. The average molecular weight is 281 g/mol. The molecule has 0 amide bonds. The van der Waals surface area contributed by atoms with Crippen LogP contribution in [0.5, 0.6) is 0 Å². The Balaban J connectivity index is 1.70. The number of hydrogen-bond donors (Lipinski definition) is 1. The van der Waals surface area contributed by atoms with E-state index in [1.807, 2.05) is 6.92 Å². The van der Waals surface area contributed by atoms with E-state index in [1.165, 1.54) is 12.8 Å². The second kappa shape index (κ2) is 5.79. The summed E-state index contributed by atoms with van der Waals surface area (Å²) in [6, 6.07) is 0.568. The predicted molar refractivity (Wildman–Crippen MR) is 72.3 cm³/mol. The molecule has 0 aromatic carbocycles. The summed E-state index contributed by atoms with van der Waals surface area (Å²) in [5.74, 6) is 1.04. The van der Waals surface area contributed by atoms with Crippen molar-refractivity contribution in [2.75, 3.05) is 19.7 Å². The number of rotatable bonds is 4. The number of aliphatic hydroxyl groups is 1. The number of hydrogen-bond acceptors (Lipinski definition) is 6. The maximum atomic E-state index is 9.74. The van der Waals surface area contributed by atoms with Gasteiger partial charge >= 0.3 is 0 Å². The Morgan fingerprint density at radius 1 is 1.50 bits per heavy atom. The zero-order valence-corrected chi connectivity index (χ0v) is 12.2. The average Bonchev–Trinajstić information content (AvgIpc) is 3.06. The number of aliphatic hydroxyl groups excluding tert-OH is 1. The topological polar surface area (TPSA) is 71.6 Å². The smallest absolute Gasteiger partial charge is 0.232 e. The minimum atomic E-state index is -0.483. The molecule has 2 aliphatic rings. The van der Waals surface area contributed by atoms with Gasteiger partial charge in [-0.3, -0.25) is 4.90 Å². The highest BCUT2D eigenvalue weighted by molar-refractivity contribution is 5.01. The van der Waals surface area contributed by atoms with Gasteiger partial charge in [-0.15, -0.1) is 0 Å². The van der Waals surface area contributed by atoms with E-state index in [0.717, 1.165) is 26.1 Å². The van der Waals surface area contributed by atoms with Gasteiger partial charge in [0.2, 0.25) is 11.7 Å². The first-order valence-electron chi connectivity index (χ1n) is 7.56. The molecule has 6 heteroatoms. The van der Waals surface area contributed by atoms with E-state index in [4.69, 9.17) is 9.26 Å². The molecule has 0 bridgehead atoms. The van der Waals surface area contributed by atoms with Gasteiger partial charge in [-0.05, 0) is 32.7 Å². The van der Waals surface area contributed by atoms with Crippen LogP contribution in [0.2, 0.25) is 0 Å². The molecule has 112 valence electrons. The van der Waals surface area contributed by atoms with Gasteiger partial charge in [0.05, 0.1) is 18.6 Å². The standard InChI is InChI=1S/C14H23N3O3/c1-3-11(9(2)18)14-15-13(16-20-14)12-7-17-6-4-5-10(17)8-19-12/h9-12,18H,3-8H2,1-2H3. The van der Waals surface area contributed by atoms with E-state index in [2.05, 4.69) is 15.0 Å². The summed E-state index contributed by atoms with van der Waals surface area (Å²) in [6.07, 6.45) is 2.67. The fourth-order valence-electron chi connectivity index (χ4n) is 3.22. The lowest BCUT2D eigenvalue weighted by Gasteiger charge is -2.33. The van der Waals surface area contributed by atoms with Gasteiger partial charge in [-0.25, -0.2) is 0 Å². The molecule has 2 fully saturated rings. The molecule has 1 N–H and O–H groups in total. The van der Waals surface area contributed by atoms with Crippen LogP contribution in [0, 0.1) is 0 Å². The Kier molecular flexibility index (Phi) is 4.05. The molecule has 20 heavy (non-hydrogen) atoms. The SMILES string of the molecule is CCC(c1nc(C2CN3CCCC3CO2)no1)C(C)O. The maximum Gasteiger partial charge on any atom is 0.232 e. The summed E-state index contributed by atoms with van der Waals surface area (Å²) >= 11 is 0. The van der Waals surface area contributed by atoms with Gasteiger partial charge < -0.3 is 14.4 Å². The summed E-state index contributed by atoms with van der Waals surface area (Å²) in [5.41, 5.74) is 0. The van der Waals surface area contributed by atoms with Crippen molar-refractivity contribution in [1.82, 2.24) is 15.0 Å². The lowest BCUT2D eigenvalue weighted by Crippen LogP contribution is -2.42. The van der Waals surface area contributed by atoms with Gasteiger partial charge in [-0.1, -0.05) is 12.1 Å². The van der Waals surface area contributed by atoms with E-state index < -0.39 is 6.10 Å². The molecule has 0 saturated carbocycles. The lowest BCUT2D eigenvalue weighted by molar-refractivity contribution is -0.0548. The van der Waals surface area contributed by atoms with Crippen LogP contribution in [0.1, 0.15) is 56.8 Å². The summed E-state index contributed by atoms with van der Waals surface area (Å²) in [6.45, 7) is 6.49. The highest BCUT2D eigenvalue weighted by Crippen LogP contribution is 2.30. The summed E-state index contributed by atoms with van der Waals surface area (Å²) < 4.78 is 11.2. The van der Waals surface area contributed by atoms with Gasteiger partial charge in [0.1, 0.15) is 6.10 Å². The predicted octanol–water partition coefficient (Wildman–Crippen LogP) is 1.48. The molecule has 0 aliphatic carbocycles. The first-order valence-corrected chi connectivity index (χ1v) is 7.56. The molecule has 4 atom stereocenters. The van der Waals surface area contributed by atoms with Gasteiger partial charge in [0, 0.05) is 12.6 Å². The minimum absolute atomic E-state index is 0.0978. The van der Waals surface area contributed by atoms with Crippen LogP contribution in [-0.4, -0.2) is 52.0 Å². The molecule has 2 aliphatic heterocycles. The van der Waals surface area contributed by atoms with Gasteiger partial charge in [0.25, 0.3) is 0 Å². The van der Waals surface area contributed by atoms with Crippen molar-refractivity contribution in [3.05, 3.63) is 11.7 Å². The number of nitrogens with zero attached hydrogens (tertiary/aromatic N) is 3. The zero-order chi connectivity index (χ0) is 14.1. The molecule has 3 rings (SSSR count). The Hall–Kier alpha value is -0.980. The number of ether oxygens (including phenoxy) is 1. The summed E-state index contributed by atoms with van der Waals surface area (Å²) in [5, 5.41) is 13.8. The van der Waals surface area contributed by atoms with Crippen molar-refractivity contribution in [2.45, 2.75) is 57.3 Å². The molecular weight excluding hydrogens is 258 g/mol. The molecule has 4 unspecified atom stereocenters. The van der Waals surface area contributed by atoms with Crippen molar-refractivity contribution in [3.8, 4) is 0 Å². The van der Waals surface area contributed by atoms with Crippen LogP contribution in [0.25, 0.3) is 0 Å². The first-order chi connectivity index (χ1) is 9.69. The van der Waals surface area contributed by atoms with Crippen LogP contribution in [0.3, 0.4) is 0 Å². The van der Waals surface area contributed by atoms with Crippen LogP contribution in [0.15, 0.2) is 4.52 Å². The first kappa shape index (κ1) is 14.0. The van der Waals surface area contributed by atoms with Crippen LogP contribution >= 0.6 is 0 Å². The molecule has 6 nitrogen and oxygen atoms in total. The van der Waals surface area contributed by atoms with Crippen molar-refractivity contribution in [2.24, 2.45) is 0 Å². The van der Waals surface area contributed by atoms with E-state index in [-0.39, 0.29) is 12.0 Å². The molecule has 2 saturated heterocycles. The highest BCUT2D eigenvalue weighted by atomic mass is 16.5. The van der Waals surface area contributed by atoms with Crippen molar-refractivity contribution in [3.63, 3.8) is 0 Å². The van der Waals surface area contributed by atoms with E-state index >= 15 is 0 Å². The maximum absolute atomic E-state index is 9.74. The summed E-state index contributed by atoms with van der Waals surface area (Å²) in [7, 11) is 0. The Bertz CT molecular complexity index is 449. The van der Waals surface area contributed by atoms with Crippen LogP contribution in [-0.2, 0) is 4.74 Å². The summed E-state index contributed by atoms with van der Waals surface area (Å²) in [4.78, 5) is 6.91. The quantitative estimate of drug-likeness (QED) is 0.901. The van der Waals surface area contributed by atoms with E-state index in [9.17, 15) is 5.11 Å². The third kappa shape index (κ3) is 2.60. The third-order valence-electron chi connectivity index (χ3n) is 4.47. The molecule has 0 spiro atoms. The Morgan fingerprint density at radius 2 is 2.35 bits per heavy atom. The lowest BCUT2D eigenvalue weighted by atomic mass is 10.0. The molecule has 0 radical (unpaired) electrons. The fourth-order valence-corrected chi connectivity index (χ4v) is 3.22. The van der Waals surface area contributed by atoms with E-state index in [1.54, 1.807) is 6.92 Å². The molecule has 1 aromatic heterocycles. The fraction of sp³-hybridized carbons (Fsp3) is 0.857. The Morgan fingerprint density at radius 3 is 3.10 bits per heavy atom.